The van der Waals surface area contributed by atoms with E-state index in [1.54, 1.807) is 6.20 Å². The van der Waals surface area contributed by atoms with Gasteiger partial charge in [0.05, 0.1) is 17.1 Å². The molecule has 6 aromatic rings. The van der Waals surface area contributed by atoms with Crippen molar-refractivity contribution in [2.45, 2.75) is 25.7 Å². The first-order valence-corrected chi connectivity index (χ1v) is 15.2. The number of aryl methyl sites for hydroxylation is 4. The number of fused-ring (bicyclic) bond motifs is 4. The summed E-state index contributed by atoms with van der Waals surface area (Å²) in [6.07, 6.45) is 7.50. The number of nitrogens with zero attached hydrogens (tertiary/aromatic N) is 4. The molecule has 0 unspecified atom stereocenters. The Morgan fingerprint density at radius 3 is 2.18 bits per heavy atom. The molecule has 0 spiro atoms. The topological polar surface area (TPSA) is 41.5 Å². The first-order valence-electron chi connectivity index (χ1n) is 15.2. The van der Waals surface area contributed by atoms with Crippen molar-refractivity contribution in [2.75, 3.05) is 16.8 Å². The summed E-state index contributed by atoms with van der Waals surface area (Å²) in [5.41, 5.74) is 12.1. The van der Waals surface area contributed by atoms with Crippen LogP contribution in [0.15, 0.2) is 128 Å². The second kappa shape index (κ2) is 11.0. The van der Waals surface area contributed by atoms with Gasteiger partial charge in [-0.2, -0.15) is 0 Å². The lowest BCUT2D eigenvalue weighted by molar-refractivity contribution is 0.463. The molecule has 0 N–H and O–H groups in total. The molecule has 4 aromatic carbocycles. The number of ether oxygens (including phenoxy) is 1. The van der Waals surface area contributed by atoms with Crippen LogP contribution in [0.5, 0.6) is 11.6 Å². The normalized spacial score (nSPS) is 13.6. The average molecular weight is 573 g/mol. The Morgan fingerprint density at radius 1 is 0.591 bits per heavy atom. The van der Waals surface area contributed by atoms with Gasteiger partial charge in [-0.1, -0.05) is 72.8 Å². The van der Waals surface area contributed by atoms with Crippen LogP contribution in [-0.4, -0.2) is 17.0 Å². The largest absolute Gasteiger partial charge is 0.437 e. The van der Waals surface area contributed by atoms with Gasteiger partial charge in [0.1, 0.15) is 5.82 Å². The molecule has 0 saturated heterocycles. The zero-order valence-corrected chi connectivity index (χ0v) is 24.6. The molecule has 0 bridgehead atoms. The third kappa shape index (κ3) is 4.58. The van der Waals surface area contributed by atoms with Gasteiger partial charge in [-0.15, -0.1) is 0 Å². The van der Waals surface area contributed by atoms with Crippen molar-refractivity contribution in [1.82, 2.24) is 9.97 Å². The maximum atomic E-state index is 6.37. The summed E-state index contributed by atoms with van der Waals surface area (Å²) in [4.78, 5) is 14.0. The van der Waals surface area contributed by atoms with E-state index >= 15 is 0 Å². The maximum absolute atomic E-state index is 6.37. The monoisotopic (exact) mass is 572 g/mol. The van der Waals surface area contributed by atoms with Gasteiger partial charge in [-0.3, -0.25) is 4.90 Å². The third-order valence-corrected chi connectivity index (χ3v) is 8.78. The van der Waals surface area contributed by atoms with Gasteiger partial charge >= 0.3 is 0 Å². The van der Waals surface area contributed by atoms with Crippen molar-refractivity contribution in [3.63, 3.8) is 0 Å². The van der Waals surface area contributed by atoms with Crippen molar-refractivity contribution in [3.05, 3.63) is 150 Å². The fraction of sp³-hybridized carbons (Fsp3) is 0.128. The SMILES string of the molecule is CN1c2c(cccc2Oc2ccccn2)CCc2cccc(-c3cccc(N4c5ccccc5CCc5cccnc54)c3)c21. The molecule has 0 fully saturated rings. The summed E-state index contributed by atoms with van der Waals surface area (Å²) in [6, 6.07) is 40.6. The van der Waals surface area contributed by atoms with Crippen LogP contribution in [-0.2, 0) is 25.7 Å². The molecule has 8 rings (SSSR count). The zero-order chi connectivity index (χ0) is 29.5. The van der Waals surface area contributed by atoms with Crippen molar-refractivity contribution in [1.29, 1.82) is 0 Å². The highest BCUT2D eigenvalue weighted by Gasteiger charge is 2.26. The first kappa shape index (κ1) is 26.2. The van der Waals surface area contributed by atoms with Gasteiger partial charge in [0.2, 0.25) is 5.88 Å². The minimum atomic E-state index is 0.589. The molecule has 0 aliphatic carbocycles. The second-order valence-corrected chi connectivity index (χ2v) is 11.4. The molecule has 0 saturated carbocycles. The van der Waals surface area contributed by atoms with E-state index < -0.39 is 0 Å². The Labute approximate surface area is 258 Å². The lowest BCUT2D eigenvalue weighted by atomic mass is 9.97. The highest BCUT2D eigenvalue weighted by molar-refractivity contribution is 5.90. The molecule has 4 heterocycles. The summed E-state index contributed by atoms with van der Waals surface area (Å²) in [7, 11) is 2.16. The van der Waals surface area contributed by atoms with E-state index in [2.05, 4.69) is 107 Å². The predicted molar refractivity (Wildman–Crippen MR) is 178 cm³/mol. The van der Waals surface area contributed by atoms with Crippen molar-refractivity contribution >= 4 is 28.6 Å². The van der Waals surface area contributed by atoms with E-state index in [0.717, 1.165) is 54.2 Å². The number of aromatic nitrogens is 2. The Bertz CT molecular complexity index is 1940. The van der Waals surface area contributed by atoms with Gasteiger partial charge in [-0.05, 0) is 89.9 Å². The summed E-state index contributed by atoms with van der Waals surface area (Å²) in [5.74, 6) is 2.40. The molecule has 0 radical (unpaired) electrons. The fourth-order valence-corrected chi connectivity index (χ4v) is 6.78. The van der Waals surface area contributed by atoms with Crippen LogP contribution < -0.4 is 14.5 Å². The third-order valence-electron chi connectivity index (χ3n) is 8.78. The molecule has 214 valence electrons. The van der Waals surface area contributed by atoms with Crippen molar-refractivity contribution in [2.24, 2.45) is 0 Å². The molecule has 0 atom stereocenters. The van der Waals surface area contributed by atoms with E-state index in [-0.39, 0.29) is 0 Å². The second-order valence-electron chi connectivity index (χ2n) is 11.4. The van der Waals surface area contributed by atoms with Crippen LogP contribution in [0.3, 0.4) is 0 Å². The molecule has 5 heteroatoms. The van der Waals surface area contributed by atoms with Gasteiger partial charge in [0.15, 0.2) is 5.75 Å². The highest BCUT2D eigenvalue weighted by atomic mass is 16.5. The first-order chi connectivity index (χ1) is 21.7. The van der Waals surface area contributed by atoms with Gasteiger partial charge in [0.25, 0.3) is 0 Å². The number of rotatable bonds is 4. The van der Waals surface area contributed by atoms with Crippen LogP contribution in [0.25, 0.3) is 11.1 Å². The summed E-state index contributed by atoms with van der Waals surface area (Å²) < 4.78 is 6.37. The van der Waals surface area contributed by atoms with Crippen molar-refractivity contribution < 1.29 is 4.74 Å². The van der Waals surface area contributed by atoms with Crippen molar-refractivity contribution in [3.8, 4) is 22.8 Å². The zero-order valence-electron chi connectivity index (χ0n) is 24.6. The number of pyridine rings is 2. The quantitative estimate of drug-likeness (QED) is 0.211. The number of hydrogen-bond donors (Lipinski definition) is 0. The summed E-state index contributed by atoms with van der Waals surface area (Å²) >= 11 is 0. The van der Waals surface area contributed by atoms with E-state index in [9.17, 15) is 0 Å². The van der Waals surface area contributed by atoms with Crippen LogP contribution in [0.4, 0.5) is 28.6 Å². The molecular weight excluding hydrogens is 540 g/mol. The van der Waals surface area contributed by atoms with E-state index in [1.807, 2.05) is 36.5 Å². The lowest BCUT2D eigenvalue weighted by Crippen LogP contribution is -2.14. The smallest absolute Gasteiger partial charge is 0.219 e. The molecular formula is C39H32N4O. The van der Waals surface area contributed by atoms with Gasteiger partial charge in [0, 0.05) is 36.8 Å². The molecule has 44 heavy (non-hydrogen) atoms. The van der Waals surface area contributed by atoms with Crippen LogP contribution >= 0.6 is 0 Å². The molecule has 2 aromatic heterocycles. The van der Waals surface area contributed by atoms with E-state index in [1.165, 1.54) is 39.2 Å². The number of benzene rings is 4. The van der Waals surface area contributed by atoms with E-state index in [0.29, 0.717) is 5.88 Å². The molecule has 2 aliphatic heterocycles. The standard InChI is InChI=1S/C39H32N4O/c1-42-37-28(21-22-29-12-8-18-35(38(29)42)44-36-19-4-5-24-40-36)11-7-16-33(37)31-13-6-15-32(26-31)43-34-17-3-2-10-27(34)20-23-30-14-9-25-41-39(30)43/h2-19,24-26H,20-23H2,1H3. The highest BCUT2D eigenvalue weighted by Crippen LogP contribution is 2.47. The Hall–Kier alpha value is -5.42. The maximum Gasteiger partial charge on any atom is 0.219 e. The number of anilines is 5. The van der Waals surface area contributed by atoms with Crippen LogP contribution in [0, 0.1) is 0 Å². The van der Waals surface area contributed by atoms with Crippen LogP contribution in [0.1, 0.15) is 22.3 Å². The fourth-order valence-electron chi connectivity index (χ4n) is 6.78. The molecule has 2 aliphatic rings. The minimum Gasteiger partial charge on any atom is -0.437 e. The Balaban J connectivity index is 1.26. The Kier molecular flexibility index (Phi) is 6.56. The summed E-state index contributed by atoms with van der Waals surface area (Å²) in [6.45, 7) is 0. The number of para-hydroxylation sites is 3. The predicted octanol–water partition coefficient (Wildman–Crippen LogP) is 9.37. The van der Waals surface area contributed by atoms with Crippen LogP contribution in [0.2, 0.25) is 0 Å². The Morgan fingerprint density at radius 2 is 1.30 bits per heavy atom. The van der Waals surface area contributed by atoms with E-state index in [4.69, 9.17) is 9.72 Å². The molecule has 0 amide bonds. The summed E-state index contributed by atoms with van der Waals surface area (Å²) in [5, 5.41) is 0. The average Bonchev–Trinajstić information content (AvgIpc) is 3.34. The minimum absolute atomic E-state index is 0.589. The molecule has 5 nitrogen and oxygen atoms in total. The lowest BCUT2D eigenvalue weighted by Gasteiger charge is -2.28. The number of hydrogen-bond acceptors (Lipinski definition) is 5. The van der Waals surface area contributed by atoms with Gasteiger partial charge in [-0.25, -0.2) is 9.97 Å². The van der Waals surface area contributed by atoms with Gasteiger partial charge < -0.3 is 9.64 Å².